The summed E-state index contributed by atoms with van der Waals surface area (Å²) in [5, 5.41) is 8.90. The third kappa shape index (κ3) is 5.90. The number of aromatic nitrogens is 1. The van der Waals surface area contributed by atoms with Crippen molar-refractivity contribution >= 4 is 45.4 Å². The fourth-order valence-electron chi connectivity index (χ4n) is 2.99. The number of benzene rings is 1. The Balaban J connectivity index is 1.54. The van der Waals surface area contributed by atoms with Gasteiger partial charge >= 0.3 is 0 Å². The number of fused-ring (bicyclic) bond motifs is 1. The maximum atomic E-state index is 12.5. The second-order valence-corrected chi connectivity index (χ2v) is 8.69. The Hall–Kier alpha value is -2.19. The number of nitrogen functional groups attached to an aromatic ring is 1. The quantitative estimate of drug-likeness (QED) is 0.451. The molecular formula is C21H26ClN5OS. The molecule has 154 valence electrons. The van der Waals surface area contributed by atoms with Crippen molar-refractivity contribution in [3.63, 3.8) is 0 Å². The van der Waals surface area contributed by atoms with Crippen LogP contribution < -0.4 is 16.4 Å². The Labute approximate surface area is 180 Å². The van der Waals surface area contributed by atoms with E-state index in [-0.39, 0.29) is 5.91 Å². The Morgan fingerprint density at radius 1 is 1.24 bits per heavy atom. The number of anilines is 1. The molecule has 0 spiro atoms. The van der Waals surface area contributed by atoms with E-state index in [1.807, 2.05) is 24.3 Å². The number of rotatable bonds is 9. The summed E-state index contributed by atoms with van der Waals surface area (Å²) in [5.41, 5.74) is 6.89. The van der Waals surface area contributed by atoms with Crippen LogP contribution in [-0.4, -0.2) is 43.0 Å². The molecule has 1 aromatic carbocycles. The Morgan fingerprint density at radius 2 is 2.07 bits per heavy atom. The van der Waals surface area contributed by atoms with Crippen LogP contribution in [0, 0.1) is 0 Å². The van der Waals surface area contributed by atoms with E-state index >= 15 is 0 Å². The van der Waals surface area contributed by atoms with Crippen molar-refractivity contribution in [2.24, 2.45) is 0 Å². The Bertz CT molecular complexity index is 988. The van der Waals surface area contributed by atoms with Gasteiger partial charge in [-0.15, -0.1) is 11.3 Å². The van der Waals surface area contributed by atoms with Gasteiger partial charge in [0.15, 0.2) is 0 Å². The number of nitrogens with two attached hydrogens (primary N) is 1. The molecule has 2 heterocycles. The standard InChI is InChI=1S/C21H26ClN5OS/c1-27(2)9-3-7-24-13-19-17(22)11-18(29-19)21(28)26-12-14-4-5-16-15(10-14)6-8-25-20(16)23/h4-6,8,10-11,24H,3,7,9,12-13H2,1-2H3,(H2,23,25)(H,26,28). The van der Waals surface area contributed by atoms with Crippen LogP contribution in [0.4, 0.5) is 5.82 Å². The molecule has 0 atom stereocenters. The molecular weight excluding hydrogens is 406 g/mol. The van der Waals surface area contributed by atoms with Crippen LogP contribution in [0.25, 0.3) is 10.8 Å². The highest BCUT2D eigenvalue weighted by molar-refractivity contribution is 7.14. The smallest absolute Gasteiger partial charge is 0.261 e. The first-order valence-corrected chi connectivity index (χ1v) is 10.7. The third-order valence-electron chi connectivity index (χ3n) is 4.54. The van der Waals surface area contributed by atoms with E-state index in [4.69, 9.17) is 17.3 Å². The van der Waals surface area contributed by atoms with Gasteiger partial charge in [0.05, 0.1) is 9.90 Å². The predicted molar refractivity (Wildman–Crippen MR) is 122 cm³/mol. The Kier molecular flexibility index (Phi) is 7.44. The molecule has 6 nitrogen and oxygen atoms in total. The van der Waals surface area contributed by atoms with E-state index < -0.39 is 0 Å². The lowest BCUT2D eigenvalue weighted by atomic mass is 10.1. The molecule has 0 unspecified atom stereocenters. The number of nitrogens with zero attached hydrogens (tertiary/aromatic N) is 2. The molecule has 0 saturated heterocycles. The number of nitrogens with one attached hydrogen (secondary N) is 2. The molecule has 4 N–H and O–H groups in total. The lowest BCUT2D eigenvalue weighted by molar-refractivity contribution is 0.0955. The zero-order valence-corrected chi connectivity index (χ0v) is 18.2. The molecule has 0 bridgehead atoms. The predicted octanol–water partition coefficient (Wildman–Crippen LogP) is 3.50. The van der Waals surface area contributed by atoms with Crippen LogP contribution in [0.15, 0.2) is 36.5 Å². The van der Waals surface area contributed by atoms with Gasteiger partial charge in [0, 0.05) is 29.5 Å². The minimum absolute atomic E-state index is 0.120. The topological polar surface area (TPSA) is 83.3 Å². The van der Waals surface area contributed by atoms with Crippen molar-refractivity contribution in [3.8, 4) is 0 Å². The minimum Gasteiger partial charge on any atom is -0.383 e. The molecule has 29 heavy (non-hydrogen) atoms. The van der Waals surface area contributed by atoms with Crippen LogP contribution in [0.3, 0.4) is 0 Å². The van der Waals surface area contributed by atoms with Gasteiger partial charge in [0.1, 0.15) is 5.82 Å². The van der Waals surface area contributed by atoms with E-state index in [0.29, 0.717) is 28.8 Å². The highest BCUT2D eigenvalue weighted by Crippen LogP contribution is 2.27. The number of carbonyl (C=O) groups excluding carboxylic acids is 1. The number of halogens is 1. The number of pyridine rings is 1. The number of hydrogen-bond donors (Lipinski definition) is 3. The van der Waals surface area contributed by atoms with Gasteiger partial charge in [-0.1, -0.05) is 23.7 Å². The molecule has 3 rings (SSSR count). The average molecular weight is 432 g/mol. The summed E-state index contributed by atoms with van der Waals surface area (Å²) in [4.78, 5) is 20.4. The van der Waals surface area contributed by atoms with Crippen molar-refractivity contribution < 1.29 is 4.79 Å². The number of thiophene rings is 1. The summed E-state index contributed by atoms with van der Waals surface area (Å²) >= 11 is 7.74. The maximum absolute atomic E-state index is 12.5. The molecule has 8 heteroatoms. The first kappa shape index (κ1) is 21.5. The van der Waals surface area contributed by atoms with Gasteiger partial charge in [0.2, 0.25) is 0 Å². The van der Waals surface area contributed by atoms with Crippen LogP contribution in [-0.2, 0) is 13.1 Å². The monoisotopic (exact) mass is 431 g/mol. The van der Waals surface area contributed by atoms with Gasteiger partial charge in [-0.2, -0.15) is 0 Å². The lowest BCUT2D eigenvalue weighted by Gasteiger charge is -2.09. The average Bonchev–Trinajstić information content (AvgIpc) is 3.06. The van der Waals surface area contributed by atoms with Crippen LogP contribution in [0.1, 0.15) is 26.5 Å². The van der Waals surface area contributed by atoms with Gasteiger partial charge in [-0.3, -0.25) is 4.79 Å². The first-order valence-electron chi connectivity index (χ1n) is 9.49. The zero-order valence-electron chi connectivity index (χ0n) is 16.7. The van der Waals surface area contributed by atoms with Crippen molar-refractivity contribution in [2.45, 2.75) is 19.5 Å². The molecule has 3 aromatic rings. The van der Waals surface area contributed by atoms with Crippen LogP contribution in [0.2, 0.25) is 5.02 Å². The van der Waals surface area contributed by atoms with Gasteiger partial charge in [-0.25, -0.2) is 4.98 Å². The minimum atomic E-state index is -0.120. The Morgan fingerprint density at radius 3 is 2.86 bits per heavy atom. The second kappa shape index (κ2) is 10.0. The number of carbonyl (C=O) groups is 1. The van der Waals surface area contributed by atoms with Gasteiger partial charge in [-0.05, 0) is 62.8 Å². The molecule has 0 saturated carbocycles. The van der Waals surface area contributed by atoms with E-state index in [1.165, 1.54) is 11.3 Å². The summed E-state index contributed by atoms with van der Waals surface area (Å²) in [7, 11) is 4.12. The van der Waals surface area contributed by atoms with E-state index in [0.717, 1.165) is 40.7 Å². The second-order valence-electron chi connectivity index (χ2n) is 7.15. The van der Waals surface area contributed by atoms with E-state index in [9.17, 15) is 4.79 Å². The summed E-state index contributed by atoms with van der Waals surface area (Å²) in [6.45, 7) is 3.06. The van der Waals surface area contributed by atoms with Gasteiger partial charge in [0.25, 0.3) is 5.91 Å². The van der Waals surface area contributed by atoms with E-state index in [1.54, 1.807) is 12.3 Å². The summed E-state index contributed by atoms with van der Waals surface area (Å²) in [6, 6.07) is 9.55. The van der Waals surface area contributed by atoms with Crippen molar-refractivity contribution in [1.29, 1.82) is 0 Å². The van der Waals surface area contributed by atoms with Crippen molar-refractivity contribution in [3.05, 3.63) is 56.9 Å². The van der Waals surface area contributed by atoms with Crippen LogP contribution in [0.5, 0.6) is 0 Å². The fourth-order valence-corrected chi connectivity index (χ4v) is 4.29. The maximum Gasteiger partial charge on any atom is 0.261 e. The highest BCUT2D eigenvalue weighted by Gasteiger charge is 2.13. The summed E-state index contributed by atoms with van der Waals surface area (Å²) in [6.07, 6.45) is 2.75. The third-order valence-corrected chi connectivity index (χ3v) is 6.12. The van der Waals surface area contributed by atoms with E-state index in [2.05, 4.69) is 34.6 Å². The largest absolute Gasteiger partial charge is 0.383 e. The van der Waals surface area contributed by atoms with Crippen molar-refractivity contribution in [2.75, 3.05) is 32.9 Å². The number of amides is 1. The lowest BCUT2D eigenvalue weighted by Crippen LogP contribution is -2.21. The van der Waals surface area contributed by atoms with Crippen molar-refractivity contribution in [1.82, 2.24) is 20.5 Å². The molecule has 0 aliphatic rings. The zero-order chi connectivity index (χ0) is 20.8. The molecule has 2 aromatic heterocycles. The molecule has 0 aliphatic heterocycles. The fraction of sp³-hybridized carbons (Fsp3) is 0.333. The first-order chi connectivity index (χ1) is 13.9. The number of hydrogen-bond acceptors (Lipinski definition) is 6. The molecule has 0 fully saturated rings. The highest BCUT2D eigenvalue weighted by atomic mass is 35.5. The summed E-state index contributed by atoms with van der Waals surface area (Å²) in [5.74, 6) is 0.388. The molecule has 0 aliphatic carbocycles. The summed E-state index contributed by atoms with van der Waals surface area (Å²) < 4.78 is 0. The normalized spacial score (nSPS) is 11.3. The van der Waals surface area contributed by atoms with Gasteiger partial charge < -0.3 is 21.3 Å². The SMILES string of the molecule is CN(C)CCCNCc1sc(C(=O)NCc2ccc3c(N)nccc3c2)cc1Cl. The molecule has 1 amide bonds. The molecule has 0 radical (unpaired) electrons. The van der Waals surface area contributed by atoms with Crippen LogP contribution >= 0.6 is 22.9 Å².